The molecule has 20 heavy (non-hydrogen) atoms. The topological polar surface area (TPSA) is 42.2 Å². The monoisotopic (exact) mass is 286 g/mol. The molecule has 0 aliphatic carbocycles. The van der Waals surface area contributed by atoms with Crippen molar-refractivity contribution in [2.75, 3.05) is 6.54 Å². The van der Waals surface area contributed by atoms with Crippen molar-refractivity contribution in [2.24, 2.45) is 0 Å². The molecule has 3 heterocycles. The van der Waals surface area contributed by atoms with Gasteiger partial charge in [-0.25, -0.2) is 4.98 Å². The largest absolute Gasteiger partial charge is 0.310 e. The van der Waals surface area contributed by atoms with E-state index in [0.717, 1.165) is 23.6 Å². The highest BCUT2D eigenvalue weighted by Gasteiger charge is 2.15. The Bertz CT molecular complexity index is 672. The van der Waals surface area contributed by atoms with Crippen LogP contribution in [0.5, 0.6) is 0 Å². The predicted octanol–water partition coefficient (Wildman–Crippen LogP) is 2.99. The molecule has 4 nitrogen and oxygen atoms in total. The summed E-state index contributed by atoms with van der Waals surface area (Å²) >= 11 is 1.67. The first-order chi connectivity index (χ1) is 9.78. The standard InChI is InChI=1S/C15H18N4S/c1-3-17-14(13-9-16-5-4-11(13)2)8-12-10-19-6-7-20-15(19)18-12/h4-7,9-10,14,17H,3,8H2,1-2H3. The van der Waals surface area contributed by atoms with Gasteiger partial charge in [-0.2, -0.15) is 0 Å². The summed E-state index contributed by atoms with van der Waals surface area (Å²) in [5.41, 5.74) is 3.64. The second kappa shape index (κ2) is 5.73. The number of imidazole rings is 1. The molecule has 5 heteroatoms. The number of aryl methyl sites for hydroxylation is 1. The number of pyridine rings is 1. The van der Waals surface area contributed by atoms with E-state index in [-0.39, 0.29) is 6.04 Å². The van der Waals surface area contributed by atoms with E-state index in [0.29, 0.717) is 0 Å². The lowest BCUT2D eigenvalue weighted by Crippen LogP contribution is -2.24. The van der Waals surface area contributed by atoms with E-state index >= 15 is 0 Å². The van der Waals surface area contributed by atoms with Gasteiger partial charge < -0.3 is 5.32 Å². The van der Waals surface area contributed by atoms with Gasteiger partial charge in [-0.3, -0.25) is 9.38 Å². The Hall–Kier alpha value is -1.72. The fourth-order valence-corrected chi connectivity index (χ4v) is 3.18. The van der Waals surface area contributed by atoms with E-state index in [1.165, 1.54) is 11.1 Å². The Morgan fingerprint density at radius 3 is 3.10 bits per heavy atom. The molecule has 3 aromatic heterocycles. The number of fused-ring (bicyclic) bond motifs is 1. The molecule has 0 bridgehead atoms. The first-order valence-corrected chi connectivity index (χ1v) is 7.71. The number of thiazole rings is 1. The highest BCUT2D eigenvalue weighted by atomic mass is 32.1. The molecule has 1 atom stereocenters. The summed E-state index contributed by atoms with van der Waals surface area (Å²) in [6.07, 6.45) is 8.85. The van der Waals surface area contributed by atoms with Crippen LogP contribution < -0.4 is 5.32 Å². The summed E-state index contributed by atoms with van der Waals surface area (Å²) < 4.78 is 2.08. The van der Waals surface area contributed by atoms with Gasteiger partial charge >= 0.3 is 0 Å². The highest BCUT2D eigenvalue weighted by molar-refractivity contribution is 7.15. The maximum Gasteiger partial charge on any atom is 0.193 e. The lowest BCUT2D eigenvalue weighted by atomic mass is 10.00. The third-order valence-corrected chi connectivity index (χ3v) is 4.23. The number of rotatable bonds is 5. The minimum Gasteiger partial charge on any atom is -0.310 e. The minimum absolute atomic E-state index is 0.262. The first kappa shape index (κ1) is 13.3. The van der Waals surface area contributed by atoms with Gasteiger partial charge in [-0.1, -0.05) is 6.92 Å². The second-order valence-electron chi connectivity index (χ2n) is 4.87. The molecule has 3 aromatic rings. The zero-order chi connectivity index (χ0) is 13.9. The average Bonchev–Trinajstić information content (AvgIpc) is 3.00. The quantitative estimate of drug-likeness (QED) is 0.784. The Morgan fingerprint density at radius 1 is 1.45 bits per heavy atom. The molecule has 1 N–H and O–H groups in total. The molecular weight excluding hydrogens is 268 g/mol. The van der Waals surface area contributed by atoms with Crippen LogP contribution in [0.1, 0.15) is 29.8 Å². The van der Waals surface area contributed by atoms with Crippen LogP contribution in [0.3, 0.4) is 0 Å². The van der Waals surface area contributed by atoms with Gasteiger partial charge in [-0.15, -0.1) is 11.3 Å². The van der Waals surface area contributed by atoms with E-state index < -0.39 is 0 Å². The number of likely N-dealkylation sites (N-methyl/N-ethyl adjacent to an activating group) is 1. The van der Waals surface area contributed by atoms with Crippen LogP contribution in [0.25, 0.3) is 4.96 Å². The van der Waals surface area contributed by atoms with Crippen molar-refractivity contribution in [2.45, 2.75) is 26.3 Å². The zero-order valence-corrected chi connectivity index (χ0v) is 12.5. The van der Waals surface area contributed by atoms with Crippen molar-refractivity contribution < 1.29 is 0 Å². The van der Waals surface area contributed by atoms with E-state index in [1.54, 1.807) is 11.3 Å². The molecule has 1 unspecified atom stereocenters. The smallest absolute Gasteiger partial charge is 0.193 e. The molecule has 0 saturated heterocycles. The van der Waals surface area contributed by atoms with Crippen molar-refractivity contribution in [3.8, 4) is 0 Å². The summed E-state index contributed by atoms with van der Waals surface area (Å²) in [5.74, 6) is 0. The zero-order valence-electron chi connectivity index (χ0n) is 11.7. The number of hydrogen-bond acceptors (Lipinski definition) is 4. The fourth-order valence-electron chi connectivity index (χ4n) is 2.46. The Morgan fingerprint density at radius 2 is 2.35 bits per heavy atom. The van der Waals surface area contributed by atoms with Crippen LogP contribution >= 0.6 is 11.3 Å². The Labute approximate surface area is 122 Å². The maximum absolute atomic E-state index is 4.67. The lowest BCUT2D eigenvalue weighted by Gasteiger charge is -2.18. The van der Waals surface area contributed by atoms with Crippen molar-refractivity contribution in [3.63, 3.8) is 0 Å². The Balaban J connectivity index is 1.87. The number of nitrogens with zero attached hydrogens (tertiary/aromatic N) is 3. The average molecular weight is 286 g/mol. The number of nitrogens with one attached hydrogen (secondary N) is 1. The van der Waals surface area contributed by atoms with E-state index in [2.05, 4.69) is 51.2 Å². The van der Waals surface area contributed by atoms with E-state index in [4.69, 9.17) is 0 Å². The van der Waals surface area contributed by atoms with Crippen LogP contribution in [0.15, 0.2) is 36.2 Å². The van der Waals surface area contributed by atoms with Crippen molar-refractivity contribution in [1.82, 2.24) is 19.7 Å². The second-order valence-corrected chi connectivity index (χ2v) is 5.74. The fraction of sp³-hybridized carbons (Fsp3) is 0.333. The third kappa shape index (κ3) is 2.59. The van der Waals surface area contributed by atoms with Crippen LogP contribution in [-0.2, 0) is 6.42 Å². The molecule has 0 fully saturated rings. The van der Waals surface area contributed by atoms with Crippen LogP contribution in [-0.4, -0.2) is 20.9 Å². The molecule has 3 rings (SSSR count). The summed E-state index contributed by atoms with van der Waals surface area (Å²) in [7, 11) is 0. The molecule has 0 saturated carbocycles. The molecule has 0 aliphatic heterocycles. The van der Waals surface area contributed by atoms with Crippen LogP contribution in [0.2, 0.25) is 0 Å². The minimum atomic E-state index is 0.262. The molecule has 0 aromatic carbocycles. The van der Waals surface area contributed by atoms with Gasteiger partial charge in [-0.05, 0) is 30.7 Å². The first-order valence-electron chi connectivity index (χ1n) is 6.83. The van der Waals surface area contributed by atoms with Gasteiger partial charge in [0.05, 0.1) is 5.69 Å². The molecule has 0 spiro atoms. The summed E-state index contributed by atoms with van der Waals surface area (Å²) in [5, 5.41) is 5.59. The lowest BCUT2D eigenvalue weighted by molar-refractivity contribution is 0.541. The van der Waals surface area contributed by atoms with Gasteiger partial charge in [0, 0.05) is 42.6 Å². The van der Waals surface area contributed by atoms with Gasteiger partial charge in [0.2, 0.25) is 0 Å². The number of hydrogen-bond donors (Lipinski definition) is 1. The predicted molar refractivity (Wildman–Crippen MR) is 82.2 cm³/mol. The SMILES string of the molecule is CCNC(Cc1cn2ccsc2n1)c1cnccc1C. The molecular formula is C15H18N4S. The van der Waals surface area contributed by atoms with E-state index in [9.17, 15) is 0 Å². The van der Waals surface area contributed by atoms with Gasteiger partial charge in [0.15, 0.2) is 4.96 Å². The molecule has 104 valence electrons. The van der Waals surface area contributed by atoms with Crippen molar-refractivity contribution >= 4 is 16.3 Å². The van der Waals surface area contributed by atoms with Gasteiger partial charge in [0.25, 0.3) is 0 Å². The molecule has 0 aliphatic rings. The van der Waals surface area contributed by atoms with Crippen LogP contribution in [0.4, 0.5) is 0 Å². The third-order valence-electron chi connectivity index (χ3n) is 3.46. The normalized spacial score (nSPS) is 12.9. The number of aromatic nitrogens is 3. The van der Waals surface area contributed by atoms with E-state index in [1.807, 2.05) is 18.6 Å². The maximum atomic E-state index is 4.67. The van der Waals surface area contributed by atoms with Gasteiger partial charge in [0.1, 0.15) is 0 Å². The summed E-state index contributed by atoms with van der Waals surface area (Å²) in [4.78, 5) is 9.98. The summed E-state index contributed by atoms with van der Waals surface area (Å²) in [6, 6.07) is 2.32. The van der Waals surface area contributed by atoms with Crippen molar-refractivity contribution in [3.05, 3.63) is 53.1 Å². The highest BCUT2D eigenvalue weighted by Crippen LogP contribution is 2.21. The van der Waals surface area contributed by atoms with Crippen LogP contribution in [0, 0.1) is 6.92 Å². The summed E-state index contributed by atoms with van der Waals surface area (Å²) in [6.45, 7) is 5.19. The van der Waals surface area contributed by atoms with Crippen molar-refractivity contribution in [1.29, 1.82) is 0 Å². The molecule has 0 amide bonds. The molecule has 0 radical (unpaired) electrons. The Kier molecular flexibility index (Phi) is 3.80.